The van der Waals surface area contributed by atoms with Crippen LogP contribution in [0.25, 0.3) is 0 Å². The molecule has 0 heterocycles. The van der Waals surface area contributed by atoms with E-state index in [-0.39, 0.29) is 0 Å². The van der Waals surface area contributed by atoms with E-state index in [1.54, 1.807) is 12.1 Å². The number of benzene rings is 1. The predicted octanol–water partition coefficient (Wildman–Crippen LogP) is 3.57. The summed E-state index contributed by atoms with van der Waals surface area (Å²) in [5, 5.41) is 4.25. The molecule has 20 heavy (non-hydrogen) atoms. The highest BCUT2D eigenvalue weighted by Gasteiger charge is 2.24. The standard InChI is InChI=1S/C15H23NO2S2/c1-3-19-15-7-5-4-6-14(15)16-12-8-10-13(11-9-12)20(2,17)18/h8-11,14-16H,3-7H2,1-2H3. The van der Waals surface area contributed by atoms with Gasteiger partial charge in [-0.25, -0.2) is 8.42 Å². The van der Waals surface area contributed by atoms with Gasteiger partial charge < -0.3 is 5.32 Å². The molecule has 3 nitrogen and oxygen atoms in total. The summed E-state index contributed by atoms with van der Waals surface area (Å²) in [5.74, 6) is 1.15. The van der Waals surface area contributed by atoms with Gasteiger partial charge in [0.2, 0.25) is 0 Å². The van der Waals surface area contributed by atoms with E-state index in [2.05, 4.69) is 12.2 Å². The Morgan fingerprint density at radius 3 is 2.45 bits per heavy atom. The quantitative estimate of drug-likeness (QED) is 0.903. The summed E-state index contributed by atoms with van der Waals surface area (Å²) >= 11 is 2.03. The molecule has 2 atom stereocenters. The lowest BCUT2D eigenvalue weighted by atomic mass is 9.94. The minimum atomic E-state index is -3.10. The second kappa shape index (κ2) is 6.85. The minimum absolute atomic E-state index is 0.381. The number of rotatable bonds is 5. The van der Waals surface area contributed by atoms with Crippen molar-refractivity contribution in [1.82, 2.24) is 0 Å². The summed E-state index contributed by atoms with van der Waals surface area (Å²) in [7, 11) is -3.10. The molecule has 0 saturated heterocycles. The Morgan fingerprint density at radius 2 is 1.85 bits per heavy atom. The van der Waals surface area contributed by atoms with Crippen LogP contribution in [0.15, 0.2) is 29.2 Å². The molecule has 1 fully saturated rings. The lowest BCUT2D eigenvalue weighted by Gasteiger charge is -2.32. The summed E-state index contributed by atoms with van der Waals surface area (Å²) in [6, 6.07) is 7.61. The van der Waals surface area contributed by atoms with Gasteiger partial charge in [-0.05, 0) is 42.9 Å². The molecule has 0 spiro atoms. The molecule has 1 aliphatic rings. The van der Waals surface area contributed by atoms with Gasteiger partial charge in [0, 0.05) is 23.2 Å². The molecule has 1 N–H and O–H groups in total. The SMILES string of the molecule is CCSC1CCCCC1Nc1ccc(S(C)(=O)=O)cc1. The fourth-order valence-corrected chi connectivity index (χ4v) is 4.52. The Bertz CT molecular complexity index is 523. The van der Waals surface area contributed by atoms with Crippen LogP contribution in [-0.4, -0.2) is 31.7 Å². The van der Waals surface area contributed by atoms with E-state index >= 15 is 0 Å². The molecule has 2 rings (SSSR count). The lowest BCUT2D eigenvalue weighted by molar-refractivity contribution is 0.474. The van der Waals surface area contributed by atoms with Crippen LogP contribution in [0.1, 0.15) is 32.6 Å². The van der Waals surface area contributed by atoms with Crippen molar-refractivity contribution in [3.63, 3.8) is 0 Å². The number of sulfone groups is 1. The third-order valence-electron chi connectivity index (χ3n) is 3.72. The first-order chi connectivity index (χ1) is 9.50. The van der Waals surface area contributed by atoms with E-state index < -0.39 is 9.84 Å². The zero-order chi connectivity index (χ0) is 14.6. The molecule has 0 aliphatic heterocycles. The molecule has 2 unspecified atom stereocenters. The number of hydrogen-bond acceptors (Lipinski definition) is 4. The Labute approximate surface area is 126 Å². The fraction of sp³-hybridized carbons (Fsp3) is 0.600. The molecule has 112 valence electrons. The zero-order valence-corrected chi connectivity index (χ0v) is 13.8. The molecule has 1 aromatic rings. The smallest absolute Gasteiger partial charge is 0.175 e. The largest absolute Gasteiger partial charge is 0.381 e. The third-order valence-corrected chi connectivity index (χ3v) is 6.17. The van der Waals surface area contributed by atoms with Crippen molar-refractivity contribution in [3.05, 3.63) is 24.3 Å². The van der Waals surface area contributed by atoms with E-state index in [0.29, 0.717) is 16.2 Å². The maximum atomic E-state index is 11.4. The normalized spacial score (nSPS) is 23.5. The second-order valence-electron chi connectivity index (χ2n) is 5.33. The second-order valence-corrected chi connectivity index (χ2v) is 8.86. The van der Waals surface area contributed by atoms with Crippen LogP contribution in [0.4, 0.5) is 5.69 Å². The number of nitrogens with one attached hydrogen (secondary N) is 1. The predicted molar refractivity (Wildman–Crippen MR) is 87.4 cm³/mol. The molecule has 1 saturated carbocycles. The number of hydrogen-bond donors (Lipinski definition) is 1. The van der Waals surface area contributed by atoms with Gasteiger partial charge in [-0.1, -0.05) is 19.8 Å². The Morgan fingerprint density at radius 1 is 1.20 bits per heavy atom. The van der Waals surface area contributed by atoms with Crippen molar-refractivity contribution in [2.75, 3.05) is 17.3 Å². The minimum Gasteiger partial charge on any atom is -0.381 e. The number of thioether (sulfide) groups is 1. The monoisotopic (exact) mass is 313 g/mol. The van der Waals surface area contributed by atoms with Crippen molar-refractivity contribution in [2.45, 2.75) is 48.8 Å². The Balaban J connectivity index is 2.05. The van der Waals surface area contributed by atoms with Gasteiger partial charge >= 0.3 is 0 Å². The van der Waals surface area contributed by atoms with E-state index in [1.165, 1.54) is 31.9 Å². The summed E-state index contributed by atoms with van der Waals surface area (Å²) in [6.07, 6.45) is 6.32. The van der Waals surface area contributed by atoms with Gasteiger partial charge in [-0.15, -0.1) is 0 Å². The third kappa shape index (κ3) is 4.16. The van der Waals surface area contributed by atoms with Gasteiger partial charge in [0.15, 0.2) is 9.84 Å². The molecule has 0 radical (unpaired) electrons. The zero-order valence-electron chi connectivity index (χ0n) is 12.1. The van der Waals surface area contributed by atoms with Gasteiger partial charge in [0.25, 0.3) is 0 Å². The first-order valence-corrected chi connectivity index (χ1v) is 10.1. The average Bonchev–Trinajstić information content (AvgIpc) is 2.41. The van der Waals surface area contributed by atoms with Gasteiger partial charge in [-0.3, -0.25) is 0 Å². The molecular weight excluding hydrogens is 290 g/mol. The van der Waals surface area contributed by atoms with Gasteiger partial charge in [-0.2, -0.15) is 11.8 Å². The molecule has 0 bridgehead atoms. The van der Waals surface area contributed by atoms with Crippen LogP contribution < -0.4 is 5.32 Å². The van der Waals surface area contributed by atoms with Gasteiger partial charge in [0.1, 0.15) is 0 Å². The molecule has 5 heteroatoms. The summed E-state index contributed by atoms with van der Waals surface area (Å²) in [6.45, 7) is 2.21. The number of anilines is 1. The van der Waals surface area contributed by atoms with Crippen LogP contribution in [-0.2, 0) is 9.84 Å². The van der Waals surface area contributed by atoms with Crippen molar-refractivity contribution >= 4 is 27.3 Å². The molecular formula is C15H23NO2S2. The van der Waals surface area contributed by atoms with E-state index in [4.69, 9.17) is 0 Å². The molecule has 0 amide bonds. The van der Waals surface area contributed by atoms with Crippen LogP contribution in [0, 0.1) is 0 Å². The Hall–Kier alpha value is -0.680. The molecule has 1 aromatic carbocycles. The van der Waals surface area contributed by atoms with E-state index in [9.17, 15) is 8.42 Å². The molecule has 0 aromatic heterocycles. The lowest BCUT2D eigenvalue weighted by Crippen LogP contribution is -2.34. The van der Waals surface area contributed by atoms with E-state index in [1.807, 2.05) is 23.9 Å². The average molecular weight is 313 g/mol. The Kier molecular flexibility index (Phi) is 5.38. The van der Waals surface area contributed by atoms with Crippen molar-refractivity contribution < 1.29 is 8.42 Å². The topological polar surface area (TPSA) is 46.2 Å². The first-order valence-electron chi connectivity index (χ1n) is 7.19. The summed E-state index contributed by atoms with van der Waals surface area (Å²) in [4.78, 5) is 0.381. The first kappa shape index (κ1) is 15.7. The fourth-order valence-electron chi connectivity index (χ4n) is 2.69. The van der Waals surface area contributed by atoms with Gasteiger partial charge in [0.05, 0.1) is 4.90 Å². The van der Waals surface area contributed by atoms with Crippen LogP contribution in [0.2, 0.25) is 0 Å². The van der Waals surface area contributed by atoms with Crippen LogP contribution >= 0.6 is 11.8 Å². The molecule has 1 aliphatic carbocycles. The van der Waals surface area contributed by atoms with Crippen molar-refractivity contribution in [2.24, 2.45) is 0 Å². The van der Waals surface area contributed by atoms with Crippen molar-refractivity contribution in [3.8, 4) is 0 Å². The highest BCUT2D eigenvalue weighted by atomic mass is 32.2. The maximum absolute atomic E-state index is 11.4. The van der Waals surface area contributed by atoms with Crippen molar-refractivity contribution in [1.29, 1.82) is 0 Å². The maximum Gasteiger partial charge on any atom is 0.175 e. The van der Waals surface area contributed by atoms with Crippen LogP contribution in [0.3, 0.4) is 0 Å². The highest BCUT2D eigenvalue weighted by molar-refractivity contribution is 7.99. The summed E-state index contributed by atoms with van der Waals surface area (Å²) in [5.41, 5.74) is 1.02. The van der Waals surface area contributed by atoms with E-state index in [0.717, 1.165) is 11.4 Å². The summed E-state index contributed by atoms with van der Waals surface area (Å²) < 4.78 is 22.9. The van der Waals surface area contributed by atoms with Crippen LogP contribution in [0.5, 0.6) is 0 Å². The highest BCUT2D eigenvalue weighted by Crippen LogP contribution is 2.31.